The van der Waals surface area contributed by atoms with Crippen LogP contribution in [0.2, 0.25) is 0 Å². The first-order valence-corrected chi connectivity index (χ1v) is 9.97. The monoisotopic (exact) mass is 404 g/mol. The summed E-state index contributed by atoms with van der Waals surface area (Å²) in [6.45, 7) is 5.82. The predicted molar refractivity (Wildman–Crippen MR) is 118 cm³/mol. The molecule has 0 atom stereocenters. The summed E-state index contributed by atoms with van der Waals surface area (Å²) in [7, 11) is 1.74. The van der Waals surface area contributed by atoms with E-state index in [2.05, 4.69) is 5.32 Å². The largest absolute Gasteiger partial charge is 0.347 e. The van der Waals surface area contributed by atoms with E-state index >= 15 is 0 Å². The van der Waals surface area contributed by atoms with Crippen LogP contribution >= 0.6 is 0 Å². The van der Waals surface area contributed by atoms with E-state index in [1.165, 1.54) is 0 Å². The van der Waals surface area contributed by atoms with Gasteiger partial charge in [0.25, 0.3) is 0 Å². The summed E-state index contributed by atoms with van der Waals surface area (Å²) >= 11 is 0. The Labute approximate surface area is 177 Å². The van der Waals surface area contributed by atoms with Crippen LogP contribution in [0.25, 0.3) is 16.9 Å². The van der Waals surface area contributed by atoms with Gasteiger partial charge in [-0.25, -0.2) is 4.68 Å². The zero-order valence-corrected chi connectivity index (χ0v) is 17.9. The van der Waals surface area contributed by atoms with Crippen molar-refractivity contribution in [3.8, 4) is 16.9 Å². The summed E-state index contributed by atoms with van der Waals surface area (Å²) in [6.07, 6.45) is 1.95. The van der Waals surface area contributed by atoms with Crippen molar-refractivity contribution in [1.29, 1.82) is 0 Å². The third-order valence-electron chi connectivity index (χ3n) is 4.77. The SMILES string of the molecule is CN(Cc1cn(-c2ccccc2)nc1-c1ccccc1)C(=O)CNC(=O)C(C)(C)C. The first-order chi connectivity index (χ1) is 14.3. The summed E-state index contributed by atoms with van der Waals surface area (Å²) in [4.78, 5) is 26.3. The van der Waals surface area contributed by atoms with E-state index in [0.29, 0.717) is 6.54 Å². The van der Waals surface area contributed by atoms with Gasteiger partial charge in [0.15, 0.2) is 0 Å². The number of rotatable bonds is 6. The molecule has 0 aliphatic carbocycles. The fraction of sp³-hybridized carbons (Fsp3) is 0.292. The number of nitrogens with one attached hydrogen (secondary N) is 1. The topological polar surface area (TPSA) is 67.2 Å². The van der Waals surface area contributed by atoms with Crippen LogP contribution in [0.1, 0.15) is 26.3 Å². The molecule has 1 aromatic heterocycles. The molecule has 0 aliphatic rings. The number of aromatic nitrogens is 2. The molecule has 6 nitrogen and oxygen atoms in total. The third-order valence-corrected chi connectivity index (χ3v) is 4.77. The Hall–Kier alpha value is -3.41. The minimum absolute atomic E-state index is 0.0277. The normalized spacial score (nSPS) is 11.2. The Balaban J connectivity index is 1.81. The van der Waals surface area contributed by atoms with Gasteiger partial charge in [0.2, 0.25) is 11.8 Å². The van der Waals surface area contributed by atoms with Crippen LogP contribution in [-0.2, 0) is 16.1 Å². The van der Waals surface area contributed by atoms with Gasteiger partial charge in [-0.1, -0.05) is 69.3 Å². The molecule has 0 spiro atoms. The van der Waals surface area contributed by atoms with Gasteiger partial charge in [-0.3, -0.25) is 9.59 Å². The quantitative estimate of drug-likeness (QED) is 0.682. The molecule has 0 aliphatic heterocycles. The molecule has 0 radical (unpaired) electrons. The number of amides is 2. The van der Waals surface area contributed by atoms with Crippen molar-refractivity contribution in [2.75, 3.05) is 13.6 Å². The zero-order valence-electron chi connectivity index (χ0n) is 17.9. The van der Waals surface area contributed by atoms with E-state index in [9.17, 15) is 9.59 Å². The molecule has 156 valence electrons. The highest BCUT2D eigenvalue weighted by Crippen LogP contribution is 2.24. The molecule has 0 saturated heterocycles. The van der Waals surface area contributed by atoms with Gasteiger partial charge in [-0.05, 0) is 12.1 Å². The molecule has 2 aromatic carbocycles. The van der Waals surface area contributed by atoms with E-state index in [-0.39, 0.29) is 18.4 Å². The maximum Gasteiger partial charge on any atom is 0.242 e. The molecule has 3 aromatic rings. The second-order valence-electron chi connectivity index (χ2n) is 8.33. The highest BCUT2D eigenvalue weighted by Gasteiger charge is 2.22. The van der Waals surface area contributed by atoms with E-state index in [0.717, 1.165) is 22.5 Å². The molecule has 1 heterocycles. The van der Waals surface area contributed by atoms with Crippen LogP contribution in [-0.4, -0.2) is 40.1 Å². The lowest BCUT2D eigenvalue weighted by Gasteiger charge is -2.20. The Morgan fingerprint density at radius 3 is 2.20 bits per heavy atom. The van der Waals surface area contributed by atoms with Crippen molar-refractivity contribution in [3.63, 3.8) is 0 Å². The molecule has 6 heteroatoms. The molecule has 1 N–H and O–H groups in total. The highest BCUT2D eigenvalue weighted by atomic mass is 16.2. The molecule has 0 bridgehead atoms. The van der Waals surface area contributed by atoms with Crippen molar-refractivity contribution in [2.45, 2.75) is 27.3 Å². The van der Waals surface area contributed by atoms with Gasteiger partial charge in [0, 0.05) is 36.3 Å². The van der Waals surface area contributed by atoms with E-state index in [4.69, 9.17) is 5.10 Å². The molecule has 0 fully saturated rings. The maximum atomic E-state index is 12.6. The lowest BCUT2D eigenvalue weighted by atomic mass is 9.96. The summed E-state index contributed by atoms with van der Waals surface area (Å²) in [6, 6.07) is 19.8. The van der Waals surface area contributed by atoms with Crippen molar-refractivity contribution in [2.24, 2.45) is 5.41 Å². The first-order valence-electron chi connectivity index (χ1n) is 9.97. The third kappa shape index (κ3) is 5.14. The summed E-state index contributed by atoms with van der Waals surface area (Å²) in [5.74, 6) is -0.301. The number of likely N-dealkylation sites (N-methyl/N-ethyl adjacent to an activating group) is 1. The fourth-order valence-electron chi connectivity index (χ4n) is 2.98. The van der Waals surface area contributed by atoms with Gasteiger partial charge in [0.1, 0.15) is 0 Å². The molecule has 0 saturated carbocycles. The van der Waals surface area contributed by atoms with E-state index in [1.807, 2.05) is 92.3 Å². The summed E-state index contributed by atoms with van der Waals surface area (Å²) < 4.78 is 1.83. The van der Waals surface area contributed by atoms with Crippen LogP contribution in [0.4, 0.5) is 0 Å². The lowest BCUT2D eigenvalue weighted by Crippen LogP contribution is -2.42. The molecule has 0 unspecified atom stereocenters. The number of hydrogen-bond acceptors (Lipinski definition) is 3. The molecule has 3 rings (SSSR count). The lowest BCUT2D eigenvalue weighted by molar-refractivity contribution is -0.134. The van der Waals surface area contributed by atoms with Gasteiger partial charge < -0.3 is 10.2 Å². The van der Waals surface area contributed by atoms with E-state index in [1.54, 1.807) is 11.9 Å². The van der Waals surface area contributed by atoms with Crippen LogP contribution < -0.4 is 5.32 Å². The maximum absolute atomic E-state index is 12.6. The summed E-state index contributed by atoms with van der Waals surface area (Å²) in [5.41, 5.74) is 3.17. The summed E-state index contributed by atoms with van der Waals surface area (Å²) in [5, 5.41) is 7.49. The number of nitrogens with zero attached hydrogens (tertiary/aromatic N) is 3. The number of hydrogen-bond donors (Lipinski definition) is 1. The molecular weight excluding hydrogens is 376 g/mol. The van der Waals surface area contributed by atoms with Crippen molar-refractivity contribution in [3.05, 3.63) is 72.4 Å². The Morgan fingerprint density at radius 2 is 1.60 bits per heavy atom. The fourth-order valence-corrected chi connectivity index (χ4v) is 2.98. The number of carbonyl (C=O) groups excluding carboxylic acids is 2. The second kappa shape index (κ2) is 8.95. The number of benzene rings is 2. The predicted octanol–water partition coefficient (Wildman–Crippen LogP) is 3.66. The minimum atomic E-state index is -0.532. The van der Waals surface area contributed by atoms with Crippen LogP contribution in [0.15, 0.2) is 66.9 Å². The zero-order chi connectivity index (χ0) is 21.7. The average Bonchev–Trinajstić information content (AvgIpc) is 3.16. The number of para-hydroxylation sites is 1. The van der Waals surface area contributed by atoms with Crippen molar-refractivity contribution >= 4 is 11.8 Å². The molecule has 30 heavy (non-hydrogen) atoms. The smallest absolute Gasteiger partial charge is 0.242 e. The Kier molecular flexibility index (Phi) is 6.35. The average molecular weight is 405 g/mol. The van der Waals surface area contributed by atoms with Gasteiger partial charge in [-0.15, -0.1) is 0 Å². The van der Waals surface area contributed by atoms with Gasteiger partial charge in [0.05, 0.1) is 17.9 Å². The minimum Gasteiger partial charge on any atom is -0.347 e. The molecule has 2 amide bonds. The first kappa shape index (κ1) is 21.3. The van der Waals surface area contributed by atoms with Crippen molar-refractivity contribution in [1.82, 2.24) is 20.0 Å². The second-order valence-corrected chi connectivity index (χ2v) is 8.33. The Bertz CT molecular complexity index is 1000. The number of carbonyl (C=O) groups is 2. The van der Waals surface area contributed by atoms with E-state index < -0.39 is 5.41 Å². The van der Waals surface area contributed by atoms with Crippen LogP contribution in [0.3, 0.4) is 0 Å². The van der Waals surface area contributed by atoms with Crippen LogP contribution in [0, 0.1) is 5.41 Å². The van der Waals surface area contributed by atoms with Gasteiger partial charge in [-0.2, -0.15) is 5.10 Å². The van der Waals surface area contributed by atoms with Crippen molar-refractivity contribution < 1.29 is 9.59 Å². The Morgan fingerprint density at radius 1 is 1.00 bits per heavy atom. The van der Waals surface area contributed by atoms with Gasteiger partial charge >= 0.3 is 0 Å². The standard InChI is InChI=1S/C24H28N4O2/c1-24(2,3)23(30)25-15-21(29)27(4)16-19-17-28(20-13-9-6-10-14-20)26-22(19)18-11-7-5-8-12-18/h5-14,17H,15-16H2,1-4H3,(H,25,30). The highest BCUT2D eigenvalue weighted by molar-refractivity contribution is 5.87. The molecular formula is C24H28N4O2. The van der Waals surface area contributed by atoms with Crippen LogP contribution in [0.5, 0.6) is 0 Å².